The zero-order valence-electron chi connectivity index (χ0n) is 38.2. The van der Waals surface area contributed by atoms with Gasteiger partial charge in [0.2, 0.25) is 5.95 Å². The van der Waals surface area contributed by atoms with Gasteiger partial charge in [0.15, 0.2) is 0 Å². The molecule has 0 radical (unpaired) electrons. The average molecular weight is 892 g/mol. The van der Waals surface area contributed by atoms with Crippen molar-refractivity contribution in [1.29, 1.82) is 0 Å². The number of hydrogen-bond acceptors (Lipinski definition) is 3. The standard InChI is InChI=1S/C65H41N5/c1-65-42-31-35-56-60(65)58-48(25-13-27-54(58)68(56)43-18-4-2-5-19-43)49-26-14-28-55-59(49)61(65)57(36-32-42)70(55)64-66-38-52(47-24-12-17-39-15-8-10-22-45(39)47)62(67-64)41-30-34-53-51(37-41)50-33-29-40-16-9-11-23-46(40)63(50)69(53)44-20-6-3-7-21-44/h2-38,60H,1H3. The molecule has 0 bridgehead atoms. The van der Waals surface area contributed by atoms with Gasteiger partial charge in [-0.2, -0.15) is 0 Å². The van der Waals surface area contributed by atoms with Crippen LogP contribution in [0.15, 0.2) is 230 Å². The molecule has 0 saturated carbocycles. The van der Waals surface area contributed by atoms with Crippen LogP contribution in [0.2, 0.25) is 0 Å². The fourth-order valence-electron chi connectivity index (χ4n) is 13.1. The number of aromatic nitrogens is 4. The zero-order valence-corrected chi connectivity index (χ0v) is 38.2. The van der Waals surface area contributed by atoms with Gasteiger partial charge < -0.3 is 9.47 Å². The number of para-hydroxylation sites is 2. The summed E-state index contributed by atoms with van der Waals surface area (Å²) in [6, 6.07) is 70.8. The van der Waals surface area contributed by atoms with E-state index < -0.39 is 0 Å². The Morgan fingerprint density at radius 1 is 0.514 bits per heavy atom. The van der Waals surface area contributed by atoms with Crippen molar-refractivity contribution in [2.24, 2.45) is 0 Å². The molecular formula is C65H41N5. The summed E-state index contributed by atoms with van der Waals surface area (Å²) in [6.45, 7) is 2.49. The SMILES string of the molecule is CC12C3=CC=C4C1c1c(cccc1N4c1ccccc1)-c1cccc4c1c2c(n4-c1ncc(-c2cccc4ccccc24)c(-c2ccc4c(c2)c2ccc5ccccc5c2n4-c2ccccc2)n1)C=C3. The van der Waals surface area contributed by atoms with E-state index in [0.717, 1.165) is 44.8 Å². The van der Waals surface area contributed by atoms with Crippen LogP contribution in [0, 0.1) is 0 Å². The molecule has 3 aromatic heterocycles. The first kappa shape index (κ1) is 38.0. The van der Waals surface area contributed by atoms with Crippen LogP contribution in [0.25, 0.3) is 105 Å². The molecule has 9 aromatic carbocycles. The smallest absolute Gasteiger partial charge is 0.235 e. The maximum Gasteiger partial charge on any atom is 0.235 e. The molecule has 16 rings (SSSR count). The highest BCUT2D eigenvalue weighted by Crippen LogP contribution is 2.66. The molecule has 1 aliphatic heterocycles. The van der Waals surface area contributed by atoms with Gasteiger partial charge in [-0.25, -0.2) is 9.97 Å². The molecule has 326 valence electrons. The summed E-state index contributed by atoms with van der Waals surface area (Å²) >= 11 is 0. The summed E-state index contributed by atoms with van der Waals surface area (Å²) in [4.78, 5) is 13.8. The van der Waals surface area contributed by atoms with E-state index in [9.17, 15) is 0 Å². The second kappa shape index (κ2) is 13.8. The Balaban J connectivity index is 0.971. The highest BCUT2D eigenvalue weighted by molar-refractivity contribution is 6.19. The molecule has 0 saturated heterocycles. The van der Waals surface area contributed by atoms with Crippen LogP contribution < -0.4 is 4.90 Å². The molecule has 3 aliphatic carbocycles. The molecule has 5 nitrogen and oxygen atoms in total. The van der Waals surface area contributed by atoms with Crippen LogP contribution >= 0.6 is 0 Å². The van der Waals surface area contributed by atoms with Crippen LogP contribution in [-0.2, 0) is 5.41 Å². The van der Waals surface area contributed by atoms with Gasteiger partial charge in [-0.15, -0.1) is 0 Å². The molecule has 0 N–H and O–H groups in total. The number of nitrogens with zero attached hydrogens (tertiary/aromatic N) is 5. The van der Waals surface area contributed by atoms with Gasteiger partial charge in [0, 0.05) is 67.3 Å². The van der Waals surface area contributed by atoms with E-state index in [4.69, 9.17) is 9.97 Å². The summed E-state index contributed by atoms with van der Waals surface area (Å²) in [5.74, 6) is 0.750. The quantitative estimate of drug-likeness (QED) is 0.173. The Morgan fingerprint density at radius 3 is 2.09 bits per heavy atom. The highest BCUT2D eigenvalue weighted by atomic mass is 15.2. The Bertz CT molecular complexity index is 4370. The number of fused-ring (bicyclic) bond motifs is 7. The van der Waals surface area contributed by atoms with Gasteiger partial charge in [0.05, 0.1) is 33.6 Å². The fourth-order valence-corrected chi connectivity index (χ4v) is 13.1. The van der Waals surface area contributed by atoms with Crippen molar-refractivity contribution < 1.29 is 0 Å². The minimum absolute atomic E-state index is 0.0983. The third kappa shape index (κ3) is 4.85. The van der Waals surface area contributed by atoms with Crippen LogP contribution in [0.5, 0.6) is 0 Å². The van der Waals surface area contributed by atoms with E-state index in [1.807, 2.05) is 0 Å². The van der Waals surface area contributed by atoms with Gasteiger partial charge in [-0.1, -0.05) is 165 Å². The van der Waals surface area contributed by atoms with Crippen molar-refractivity contribution in [3.8, 4) is 45.1 Å². The number of anilines is 2. The van der Waals surface area contributed by atoms with Gasteiger partial charge in [-0.05, 0) is 110 Å². The van der Waals surface area contributed by atoms with Gasteiger partial charge in [0.25, 0.3) is 0 Å². The van der Waals surface area contributed by atoms with Crippen molar-refractivity contribution >= 4 is 71.7 Å². The predicted octanol–water partition coefficient (Wildman–Crippen LogP) is 16.2. The lowest BCUT2D eigenvalue weighted by molar-refractivity contribution is 0.493. The number of allylic oxidation sites excluding steroid dienone is 5. The lowest BCUT2D eigenvalue weighted by Gasteiger charge is -2.43. The minimum Gasteiger partial charge on any atom is -0.313 e. The van der Waals surface area contributed by atoms with Crippen LogP contribution in [0.3, 0.4) is 0 Å². The molecule has 0 fully saturated rings. The fraction of sp³-hybridized carbons (Fsp3) is 0.0462. The second-order valence-electron chi connectivity index (χ2n) is 19.4. The molecular weight excluding hydrogens is 851 g/mol. The van der Waals surface area contributed by atoms with Crippen molar-refractivity contribution in [2.45, 2.75) is 18.3 Å². The van der Waals surface area contributed by atoms with Crippen molar-refractivity contribution in [3.05, 3.63) is 247 Å². The first-order chi connectivity index (χ1) is 34.6. The number of hydrogen-bond donors (Lipinski definition) is 0. The molecule has 5 heteroatoms. The predicted molar refractivity (Wildman–Crippen MR) is 288 cm³/mol. The molecule has 12 aromatic rings. The van der Waals surface area contributed by atoms with E-state index in [0.29, 0.717) is 5.95 Å². The van der Waals surface area contributed by atoms with E-state index in [2.05, 4.69) is 246 Å². The van der Waals surface area contributed by atoms with E-state index in [-0.39, 0.29) is 11.3 Å². The maximum absolute atomic E-state index is 5.82. The molecule has 0 amide bonds. The molecule has 70 heavy (non-hydrogen) atoms. The summed E-state index contributed by atoms with van der Waals surface area (Å²) in [5, 5.41) is 8.45. The summed E-state index contributed by atoms with van der Waals surface area (Å²) < 4.78 is 4.78. The molecule has 0 spiro atoms. The summed E-state index contributed by atoms with van der Waals surface area (Å²) in [7, 11) is 0. The number of benzene rings is 9. The van der Waals surface area contributed by atoms with Crippen LogP contribution in [0.4, 0.5) is 11.4 Å². The highest BCUT2D eigenvalue weighted by Gasteiger charge is 2.55. The first-order valence-electron chi connectivity index (χ1n) is 24.3. The molecule has 4 aliphatic rings. The maximum atomic E-state index is 5.82. The average Bonchev–Trinajstić information content (AvgIpc) is 4.06. The third-order valence-electron chi connectivity index (χ3n) is 16.0. The third-order valence-corrected chi connectivity index (χ3v) is 16.0. The lowest BCUT2D eigenvalue weighted by Crippen LogP contribution is -2.37. The normalized spacial score (nSPS) is 17.2. The Hall–Kier alpha value is -9.06. The summed E-state index contributed by atoms with van der Waals surface area (Å²) in [6.07, 6.45) is 11.5. The zero-order chi connectivity index (χ0) is 45.8. The monoisotopic (exact) mass is 891 g/mol. The first-order valence-corrected chi connectivity index (χ1v) is 24.3. The Morgan fingerprint density at radius 2 is 1.23 bits per heavy atom. The van der Waals surface area contributed by atoms with E-state index in [1.54, 1.807) is 0 Å². The van der Waals surface area contributed by atoms with Crippen LogP contribution in [-0.4, -0.2) is 19.1 Å². The van der Waals surface area contributed by atoms with Gasteiger partial charge in [-0.3, -0.25) is 4.57 Å². The summed E-state index contributed by atoms with van der Waals surface area (Å²) in [5.41, 5.74) is 19.7. The largest absolute Gasteiger partial charge is 0.313 e. The second-order valence-corrected chi connectivity index (χ2v) is 19.4. The van der Waals surface area contributed by atoms with Crippen molar-refractivity contribution in [3.63, 3.8) is 0 Å². The van der Waals surface area contributed by atoms with Gasteiger partial charge in [0.1, 0.15) is 0 Å². The Labute approximate surface area is 403 Å². The molecule has 4 heterocycles. The number of rotatable bonds is 5. The van der Waals surface area contributed by atoms with E-state index >= 15 is 0 Å². The van der Waals surface area contributed by atoms with Crippen LogP contribution in [0.1, 0.15) is 29.7 Å². The van der Waals surface area contributed by atoms with Gasteiger partial charge >= 0.3 is 0 Å². The Kier molecular flexibility index (Phi) is 7.47. The van der Waals surface area contributed by atoms with Crippen molar-refractivity contribution in [1.82, 2.24) is 19.1 Å². The lowest BCUT2D eigenvalue weighted by atomic mass is 9.60. The van der Waals surface area contributed by atoms with E-state index in [1.165, 1.54) is 88.1 Å². The molecule has 2 atom stereocenters. The minimum atomic E-state index is -0.368. The molecule has 2 unspecified atom stereocenters. The van der Waals surface area contributed by atoms with Crippen molar-refractivity contribution in [2.75, 3.05) is 4.90 Å². The topological polar surface area (TPSA) is 38.9 Å².